The Morgan fingerprint density at radius 1 is 0.957 bits per heavy atom. The maximum atomic E-state index is 6.45. The first-order valence-electron chi connectivity index (χ1n) is 7.78. The number of fused-ring (bicyclic) bond motifs is 1. The smallest absolute Gasteiger partial charge is 0.130 e. The van der Waals surface area contributed by atoms with Gasteiger partial charge in [0, 0.05) is 17.0 Å². The van der Waals surface area contributed by atoms with Gasteiger partial charge in [-0.25, -0.2) is 0 Å². The number of benzene rings is 2. The Morgan fingerprint density at radius 3 is 2.52 bits per heavy atom. The first-order chi connectivity index (χ1) is 11.1. The number of allylic oxidation sites excluding steroid dienone is 1. The molecule has 4 rings (SSSR count). The van der Waals surface area contributed by atoms with Gasteiger partial charge in [-0.1, -0.05) is 41.9 Å². The van der Waals surface area contributed by atoms with Crippen molar-refractivity contribution in [2.24, 2.45) is 0 Å². The van der Waals surface area contributed by atoms with E-state index in [9.17, 15) is 0 Å². The molecule has 0 radical (unpaired) electrons. The van der Waals surface area contributed by atoms with Crippen LogP contribution in [0.25, 0.3) is 22.8 Å². The summed E-state index contributed by atoms with van der Waals surface area (Å²) >= 11 is 6.45. The second kappa shape index (κ2) is 5.43. The van der Waals surface area contributed by atoms with Crippen molar-refractivity contribution < 1.29 is 4.42 Å². The number of rotatable bonds is 2. The highest BCUT2D eigenvalue weighted by molar-refractivity contribution is 6.33. The summed E-state index contributed by atoms with van der Waals surface area (Å²) in [5.74, 6) is 1.90. The van der Waals surface area contributed by atoms with Crippen LogP contribution in [0.4, 0.5) is 0 Å². The molecule has 23 heavy (non-hydrogen) atoms. The molecule has 0 atom stereocenters. The molecule has 0 unspecified atom stereocenters. The van der Waals surface area contributed by atoms with E-state index in [0.29, 0.717) is 0 Å². The lowest BCUT2D eigenvalue weighted by Gasteiger charge is -2.13. The van der Waals surface area contributed by atoms with E-state index in [0.717, 1.165) is 28.5 Å². The van der Waals surface area contributed by atoms with E-state index in [2.05, 4.69) is 37.3 Å². The average Bonchev–Trinajstić information content (AvgIpc) is 3.14. The van der Waals surface area contributed by atoms with Crippen molar-refractivity contribution in [2.75, 3.05) is 0 Å². The Kier molecular flexibility index (Phi) is 3.39. The van der Waals surface area contributed by atoms with Crippen LogP contribution < -0.4 is 0 Å². The predicted octanol–water partition coefficient (Wildman–Crippen LogP) is 6.31. The van der Waals surface area contributed by atoms with E-state index in [1.807, 2.05) is 31.2 Å². The van der Waals surface area contributed by atoms with Crippen LogP contribution in [0, 0.1) is 13.8 Å². The first kappa shape index (κ1) is 14.3. The van der Waals surface area contributed by atoms with E-state index in [4.69, 9.17) is 16.0 Å². The molecule has 1 aliphatic rings. The third kappa shape index (κ3) is 2.42. The molecule has 0 amide bonds. The molecule has 0 bridgehead atoms. The summed E-state index contributed by atoms with van der Waals surface area (Å²) in [7, 11) is 0. The Balaban J connectivity index is 1.90. The van der Waals surface area contributed by atoms with E-state index >= 15 is 0 Å². The molecular weight excluding hydrogens is 304 g/mol. The predicted molar refractivity (Wildman–Crippen MR) is 96.6 cm³/mol. The van der Waals surface area contributed by atoms with Gasteiger partial charge in [0.2, 0.25) is 0 Å². The minimum Gasteiger partial charge on any atom is -0.462 e. The highest BCUT2D eigenvalue weighted by Crippen LogP contribution is 2.41. The third-order valence-corrected chi connectivity index (χ3v) is 4.77. The Bertz CT molecular complexity index is 931. The van der Waals surface area contributed by atoms with Crippen LogP contribution >= 0.6 is 11.6 Å². The number of hydrogen-bond acceptors (Lipinski definition) is 1. The standard InChI is InChI=1S/C21H17ClO/c1-13-7-9-15-11-16(20-10-8-14(2)23-20)12-18(15)21(13)17-5-3-4-6-19(17)22/h3-10,12H,11H2,1-2H3. The second-order valence-electron chi connectivity index (χ2n) is 6.07. The molecule has 1 nitrogen and oxygen atoms in total. The van der Waals surface area contributed by atoms with Crippen LogP contribution in [0.1, 0.15) is 28.2 Å². The van der Waals surface area contributed by atoms with Crippen molar-refractivity contribution >= 4 is 23.3 Å². The van der Waals surface area contributed by atoms with Gasteiger partial charge in [-0.05, 0) is 65.9 Å². The van der Waals surface area contributed by atoms with Gasteiger partial charge in [-0.15, -0.1) is 0 Å². The fourth-order valence-electron chi connectivity index (χ4n) is 3.31. The lowest BCUT2D eigenvalue weighted by Crippen LogP contribution is -1.92. The zero-order valence-electron chi connectivity index (χ0n) is 13.2. The van der Waals surface area contributed by atoms with Crippen molar-refractivity contribution in [2.45, 2.75) is 20.3 Å². The minimum absolute atomic E-state index is 0.791. The lowest BCUT2D eigenvalue weighted by molar-refractivity contribution is 0.521. The van der Waals surface area contributed by atoms with E-state index < -0.39 is 0 Å². The topological polar surface area (TPSA) is 13.1 Å². The van der Waals surface area contributed by atoms with Crippen LogP contribution in [0.5, 0.6) is 0 Å². The van der Waals surface area contributed by atoms with Crippen LogP contribution in [0.3, 0.4) is 0 Å². The molecule has 2 heteroatoms. The number of halogens is 1. The Morgan fingerprint density at radius 2 is 1.78 bits per heavy atom. The van der Waals surface area contributed by atoms with Crippen molar-refractivity contribution in [3.05, 3.63) is 81.8 Å². The summed E-state index contributed by atoms with van der Waals surface area (Å²) in [5, 5.41) is 0.791. The van der Waals surface area contributed by atoms with E-state index in [1.54, 1.807) is 0 Å². The zero-order valence-corrected chi connectivity index (χ0v) is 13.9. The SMILES string of the molecule is Cc1ccc(C2=Cc3c(ccc(C)c3-c3ccccc3Cl)C2)o1. The number of aryl methyl sites for hydroxylation is 2. The summed E-state index contributed by atoms with van der Waals surface area (Å²) < 4.78 is 5.80. The molecule has 3 aromatic rings. The van der Waals surface area contributed by atoms with Gasteiger partial charge in [0.15, 0.2) is 0 Å². The zero-order chi connectivity index (χ0) is 16.0. The summed E-state index contributed by atoms with van der Waals surface area (Å²) in [6, 6.07) is 16.5. The van der Waals surface area contributed by atoms with E-state index in [1.165, 1.54) is 27.8 Å². The van der Waals surface area contributed by atoms with Gasteiger partial charge in [0.05, 0.1) is 0 Å². The van der Waals surface area contributed by atoms with Crippen LogP contribution in [-0.2, 0) is 6.42 Å². The van der Waals surface area contributed by atoms with Crippen molar-refractivity contribution in [1.29, 1.82) is 0 Å². The maximum absolute atomic E-state index is 6.45. The van der Waals surface area contributed by atoms with Gasteiger partial charge < -0.3 is 4.42 Å². The van der Waals surface area contributed by atoms with Crippen LogP contribution in [0.2, 0.25) is 5.02 Å². The molecule has 114 valence electrons. The molecule has 0 saturated heterocycles. The molecular formula is C21H17ClO. The first-order valence-corrected chi connectivity index (χ1v) is 8.16. The molecule has 0 N–H and O–H groups in total. The van der Waals surface area contributed by atoms with Crippen molar-refractivity contribution in [3.8, 4) is 11.1 Å². The van der Waals surface area contributed by atoms with Crippen LogP contribution in [0.15, 0.2) is 52.9 Å². The Hall–Kier alpha value is -2.25. The summed E-state index contributed by atoms with van der Waals surface area (Å²) in [4.78, 5) is 0. The molecule has 0 saturated carbocycles. The lowest BCUT2D eigenvalue weighted by atomic mass is 9.93. The van der Waals surface area contributed by atoms with Gasteiger partial charge >= 0.3 is 0 Å². The molecule has 1 heterocycles. The average molecular weight is 321 g/mol. The summed E-state index contributed by atoms with van der Waals surface area (Å²) in [6.07, 6.45) is 3.15. The highest BCUT2D eigenvalue weighted by Gasteiger charge is 2.21. The fourth-order valence-corrected chi connectivity index (χ4v) is 3.54. The highest BCUT2D eigenvalue weighted by atomic mass is 35.5. The number of furan rings is 1. The van der Waals surface area contributed by atoms with Crippen molar-refractivity contribution in [1.82, 2.24) is 0 Å². The largest absolute Gasteiger partial charge is 0.462 e. The van der Waals surface area contributed by atoms with Gasteiger partial charge in [-0.3, -0.25) is 0 Å². The molecule has 0 spiro atoms. The quantitative estimate of drug-likeness (QED) is 0.539. The monoisotopic (exact) mass is 320 g/mol. The minimum atomic E-state index is 0.791. The molecule has 0 aliphatic heterocycles. The van der Waals surface area contributed by atoms with Gasteiger partial charge in [0.1, 0.15) is 11.5 Å². The Labute approximate surface area is 141 Å². The number of hydrogen-bond donors (Lipinski definition) is 0. The fraction of sp³-hybridized carbons (Fsp3) is 0.143. The molecule has 0 fully saturated rings. The second-order valence-corrected chi connectivity index (χ2v) is 6.47. The summed E-state index contributed by atoms with van der Waals surface area (Å²) in [5.41, 5.74) is 7.39. The third-order valence-electron chi connectivity index (χ3n) is 4.44. The van der Waals surface area contributed by atoms with Gasteiger partial charge in [-0.2, -0.15) is 0 Å². The van der Waals surface area contributed by atoms with Crippen LogP contribution in [-0.4, -0.2) is 0 Å². The molecule has 1 aromatic heterocycles. The summed E-state index contributed by atoms with van der Waals surface area (Å²) in [6.45, 7) is 4.12. The normalized spacial score (nSPS) is 13.1. The van der Waals surface area contributed by atoms with Crippen molar-refractivity contribution in [3.63, 3.8) is 0 Å². The van der Waals surface area contributed by atoms with E-state index in [-0.39, 0.29) is 0 Å². The molecule has 2 aromatic carbocycles. The molecule has 1 aliphatic carbocycles. The maximum Gasteiger partial charge on any atom is 0.130 e. The van der Waals surface area contributed by atoms with Gasteiger partial charge in [0.25, 0.3) is 0 Å².